The van der Waals surface area contributed by atoms with E-state index in [-0.39, 0.29) is 16.7 Å². The molecule has 0 amide bonds. The van der Waals surface area contributed by atoms with Crippen LogP contribution < -0.4 is 5.32 Å². The van der Waals surface area contributed by atoms with E-state index in [1.54, 1.807) is 0 Å². The number of hydrogen-bond acceptors (Lipinski definition) is 5. The summed E-state index contributed by atoms with van der Waals surface area (Å²) >= 11 is 0. The molecule has 0 radical (unpaired) electrons. The zero-order chi connectivity index (χ0) is 14.8. The molecule has 1 aromatic heterocycles. The monoisotopic (exact) mass is 286 g/mol. The number of nitro groups is 1. The predicted molar refractivity (Wildman–Crippen MR) is 82.5 cm³/mol. The Morgan fingerprint density at radius 1 is 1.33 bits per heavy atom. The van der Waals surface area contributed by atoms with Crippen LogP contribution in [0.25, 0.3) is 10.9 Å². The number of rotatable bonds is 3. The van der Waals surface area contributed by atoms with E-state index >= 15 is 0 Å². The van der Waals surface area contributed by atoms with Crippen molar-refractivity contribution in [3.05, 3.63) is 40.6 Å². The van der Waals surface area contributed by atoms with Crippen LogP contribution in [0, 0.1) is 10.1 Å². The van der Waals surface area contributed by atoms with Crippen molar-refractivity contribution in [3.8, 4) is 0 Å². The van der Waals surface area contributed by atoms with Crippen LogP contribution in [0.1, 0.15) is 12.8 Å². The van der Waals surface area contributed by atoms with Gasteiger partial charge in [0.05, 0.1) is 10.4 Å². The lowest BCUT2D eigenvalue weighted by molar-refractivity contribution is -0.384. The number of hydrogen-bond donors (Lipinski definition) is 1. The molecule has 21 heavy (non-hydrogen) atoms. The van der Waals surface area contributed by atoms with E-state index in [4.69, 9.17) is 0 Å². The number of nitrogens with zero attached hydrogens (tertiary/aromatic N) is 3. The van der Waals surface area contributed by atoms with Gasteiger partial charge in [-0.3, -0.25) is 10.1 Å². The Morgan fingerprint density at radius 3 is 2.76 bits per heavy atom. The molecular weight excluding hydrogens is 268 g/mol. The van der Waals surface area contributed by atoms with Crippen LogP contribution in [0.15, 0.2) is 30.5 Å². The van der Waals surface area contributed by atoms with E-state index in [1.807, 2.05) is 24.3 Å². The second-order valence-corrected chi connectivity index (χ2v) is 5.51. The summed E-state index contributed by atoms with van der Waals surface area (Å²) in [5.74, 6) is 0. The summed E-state index contributed by atoms with van der Waals surface area (Å²) in [5.41, 5.74) is 1.42. The Kier molecular flexibility index (Phi) is 3.70. The highest BCUT2D eigenvalue weighted by Crippen LogP contribution is 2.32. The zero-order valence-electron chi connectivity index (χ0n) is 12.0. The van der Waals surface area contributed by atoms with E-state index in [9.17, 15) is 10.1 Å². The first-order valence-electron chi connectivity index (χ1n) is 7.12. The number of likely N-dealkylation sites (tertiary alicyclic amines) is 1. The average Bonchev–Trinajstić information content (AvgIpc) is 2.49. The van der Waals surface area contributed by atoms with Crippen molar-refractivity contribution in [2.45, 2.75) is 18.9 Å². The third-order valence-electron chi connectivity index (χ3n) is 4.02. The maximum Gasteiger partial charge on any atom is 0.311 e. The highest BCUT2D eigenvalue weighted by atomic mass is 16.6. The number of pyridine rings is 1. The number of piperidine rings is 1. The molecule has 0 unspecified atom stereocenters. The van der Waals surface area contributed by atoms with Gasteiger partial charge in [-0.15, -0.1) is 0 Å². The van der Waals surface area contributed by atoms with Gasteiger partial charge in [0.25, 0.3) is 0 Å². The molecule has 1 aromatic carbocycles. The van der Waals surface area contributed by atoms with E-state index < -0.39 is 0 Å². The summed E-state index contributed by atoms with van der Waals surface area (Å²) in [7, 11) is 2.10. The van der Waals surface area contributed by atoms with Gasteiger partial charge < -0.3 is 10.2 Å². The molecule has 0 bridgehead atoms. The molecule has 0 aliphatic carbocycles. The van der Waals surface area contributed by atoms with Gasteiger partial charge in [-0.05, 0) is 39.0 Å². The smallest absolute Gasteiger partial charge is 0.311 e. The minimum Gasteiger partial charge on any atom is -0.376 e. The highest BCUT2D eigenvalue weighted by Gasteiger charge is 2.23. The molecule has 1 fully saturated rings. The van der Waals surface area contributed by atoms with Crippen molar-refractivity contribution in [1.29, 1.82) is 0 Å². The summed E-state index contributed by atoms with van der Waals surface area (Å²) in [6.07, 6.45) is 3.33. The number of nitrogens with one attached hydrogen (secondary N) is 1. The summed E-state index contributed by atoms with van der Waals surface area (Å²) in [6.45, 7) is 2.02. The molecule has 0 atom stereocenters. The fourth-order valence-corrected chi connectivity index (χ4v) is 2.78. The Morgan fingerprint density at radius 2 is 2.05 bits per heavy atom. The lowest BCUT2D eigenvalue weighted by atomic mass is 10.0. The topological polar surface area (TPSA) is 71.3 Å². The van der Waals surface area contributed by atoms with Gasteiger partial charge in [-0.25, -0.2) is 4.98 Å². The zero-order valence-corrected chi connectivity index (χ0v) is 12.0. The molecule has 1 aliphatic heterocycles. The van der Waals surface area contributed by atoms with Crippen molar-refractivity contribution in [2.24, 2.45) is 0 Å². The van der Waals surface area contributed by atoms with Crippen LogP contribution in [0.4, 0.5) is 11.4 Å². The summed E-state index contributed by atoms with van der Waals surface area (Å²) < 4.78 is 0. The third kappa shape index (κ3) is 2.80. The van der Waals surface area contributed by atoms with Crippen molar-refractivity contribution < 1.29 is 4.92 Å². The maximum absolute atomic E-state index is 11.3. The molecule has 0 spiro atoms. The van der Waals surface area contributed by atoms with Crippen LogP contribution in [-0.4, -0.2) is 41.0 Å². The first-order valence-corrected chi connectivity index (χ1v) is 7.12. The molecule has 2 aromatic rings. The Labute approximate surface area is 122 Å². The molecule has 1 saturated heterocycles. The molecule has 1 N–H and O–H groups in total. The quantitative estimate of drug-likeness (QED) is 0.693. The molecule has 2 heterocycles. The third-order valence-corrected chi connectivity index (χ3v) is 4.02. The fraction of sp³-hybridized carbons (Fsp3) is 0.400. The second-order valence-electron chi connectivity index (χ2n) is 5.51. The summed E-state index contributed by atoms with van der Waals surface area (Å²) in [5, 5.41) is 15.5. The largest absolute Gasteiger partial charge is 0.376 e. The molecule has 110 valence electrons. The summed E-state index contributed by atoms with van der Waals surface area (Å²) in [6, 6.07) is 7.80. The average molecular weight is 286 g/mol. The van der Waals surface area contributed by atoms with Crippen molar-refractivity contribution in [2.75, 3.05) is 25.5 Å². The normalized spacial score (nSPS) is 17.0. The molecule has 1 aliphatic rings. The first-order chi connectivity index (χ1) is 10.1. The van der Waals surface area contributed by atoms with E-state index in [2.05, 4.69) is 22.2 Å². The minimum atomic E-state index is -0.364. The molecular formula is C15H18N4O2. The number of para-hydroxylation sites is 1. The molecule has 3 rings (SSSR count). The van der Waals surface area contributed by atoms with Crippen LogP contribution >= 0.6 is 0 Å². The van der Waals surface area contributed by atoms with Gasteiger partial charge in [0.1, 0.15) is 11.9 Å². The minimum absolute atomic E-state index is 0.0487. The predicted octanol–water partition coefficient (Wildman–Crippen LogP) is 2.65. The van der Waals surface area contributed by atoms with Crippen LogP contribution in [0.3, 0.4) is 0 Å². The Balaban J connectivity index is 1.98. The number of anilines is 1. The first kappa shape index (κ1) is 13.8. The van der Waals surface area contributed by atoms with Crippen LogP contribution in [-0.2, 0) is 0 Å². The fourth-order valence-electron chi connectivity index (χ4n) is 2.78. The van der Waals surface area contributed by atoms with Crippen LogP contribution in [0.2, 0.25) is 0 Å². The van der Waals surface area contributed by atoms with Gasteiger partial charge in [-0.2, -0.15) is 0 Å². The van der Waals surface area contributed by atoms with Gasteiger partial charge >= 0.3 is 5.69 Å². The van der Waals surface area contributed by atoms with E-state index in [0.29, 0.717) is 5.69 Å². The highest BCUT2D eigenvalue weighted by molar-refractivity contribution is 5.95. The maximum atomic E-state index is 11.3. The van der Waals surface area contributed by atoms with Gasteiger partial charge in [0.2, 0.25) is 0 Å². The van der Waals surface area contributed by atoms with Gasteiger partial charge in [0, 0.05) is 11.4 Å². The number of benzene rings is 1. The number of aromatic nitrogens is 1. The number of fused-ring (bicyclic) bond motifs is 1. The van der Waals surface area contributed by atoms with E-state index in [1.165, 1.54) is 6.20 Å². The molecule has 0 saturated carbocycles. The van der Waals surface area contributed by atoms with Crippen LogP contribution in [0.5, 0.6) is 0 Å². The summed E-state index contributed by atoms with van der Waals surface area (Å²) in [4.78, 5) is 17.4. The van der Waals surface area contributed by atoms with E-state index in [0.717, 1.165) is 36.8 Å². The molecule has 6 nitrogen and oxygen atoms in total. The lowest BCUT2D eigenvalue weighted by Crippen LogP contribution is -2.36. The lowest BCUT2D eigenvalue weighted by Gasteiger charge is -2.30. The Hall–Kier alpha value is -2.21. The SMILES string of the molecule is CN1CCC(Nc2c([N+](=O)[O-])cnc3ccccc23)CC1. The van der Waals surface area contributed by atoms with Crippen molar-refractivity contribution in [1.82, 2.24) is 9.88 Å². The second kappa shape index (κ2) is 5.65. The van der Waals surface area contributed by atoms with Gasteiger partial charge in [-0.1, -0.05) is 18.2 Å². The van der Waals surface area contributed by atoms with Crippen molar-refractivity contribution in [3.63, 3.8) is 0 Å². The standard InChI is InChI=1S/C15H18N4O2/c1-18-8-6-11(7-9-18)17-15-12-4-2-3-5-13(12)16-10-14(15)19(20)21/h2-5,10-11H,6-9H2,1H3,(H,16,17). The van der Waals surface area contributed by atoms with Crippen molar-refractivity contribution >= 4 is 22.3 Å². The molecule has 6 heteroatoms. The Bertz CT molecular complexity index is 666. The van der Waals surface area contributed by atoms with Gasteiger partial charge in [0.15, 0.2) is 0 Å².